The summed E-state index contributed by atoms with van der Waals surface area (Å²) < 4.78 is 27.7. The van der Waals surface area contributed by atoms with Gasteiger partial charge in [0.05, 0.1) is 22.0 Å². The van der Waals surface area contributed by atoms with E-state index in [1.165, 1.54) is 23.5 Å². The van der Waals surface area contributed by atoms with Crippen LogP contribution in [0.3, 0.4) is 0 Å². The van der Waals surface area contributed by atoms with E-state index in [2.05, 4.69) is 20.0 Å². The molecule has 0 aliphatic heterocycles. The van der Waals surface area contributed by atoms with Gasteiger partial charge in [0.25, 0.3) is 5.91 Å². The number of carbonyl (C=O) groups is 1. The van der Waals surface area contributed by atoms with Crippen molar-refractivity contribution in [3.63, 3.8) is 0 Å². The zero-order valence-corrected chi connectivity index (χ0v) is 17.8. The Morgan fingerprint density at radius 1 is 1.13 bits per heavy atom. The maximum Gasteiger partial charge on any atom is 0.251 e. The average Bonchev–Trinajstić information content (AvgIpc) is 3.42. The Morgan fingerprint density at radius 3 is 2.73 bits per heavy atom. The molecule has 0 radical (unpaired) electrons. The molecule has 0 fully saturated rings. The van der Waals surface area contributed by atoms with Crippen molar-refractivity contribution in [2.24, 2.45) is 0 Å². The number of carbonyl (C=O) groups excluding carboxylic acids is 1. The summed E-state index contributed by atoms with van der Waals surface area (Å²) in [4.78, 5) is 21.3. The monoisotopic (exact) mass is 440 g/mol. The summed E-state index contributed by atoms with van der Waals surface area (Å²) in [5, 5.41) is 4.75. The number of nitrogens with zero attached hydrogens (tertiary/aromatic N) is 1. The lowest BCUT2D eigenvalue weighted by atomic mass is 10.2. The molecule has 0 saturated carbocycles. The Morgan fingerprint density at radius 2 is 1.97 bits per heavy atom. The number of rotatable bonds is 7. The van der Waals surface area contributed by atoms with E-state index in [1.807, 2.05) is 48.7 Å². The largest absolute Gasteiger partial charge is 0.342 e. The normalized spacial score (nSPS) is 12.7. The highest BCUT2D eigenvalue weighted by Crippen LogP contribution is 2.17. The molecule has 2 aromatic heterocycles. The summed E-state index contributed by atoms with van der Waals surface area (Å²) in [6.07, 6.45) is 0. The maximum atomic E-state index is 12.7. The maximum absolute atomic E-state index is 12.7. The molecule has 7 nitrogen and oxygen atoms in total. The van der Waals surface area contributed by atoms with Crippen molar-refractivity contribution in [3.8, 4) is 0 Å². The van der Waals surface area contributed by atoms with E-state index in [0.717, 1.165) is 15.9 Å². The Hall–Kier alpha value is -3.01. The van der Waals surface area contributed by atoms with Gasteiger partial charge in [0.1, 0.15) is 5.82 Å². The zero-order chi connectivity index (χ0) is 21.1. The van der Waals surface area contributed by atoms with Crippen LogP contribution in [0.15, 0.2) is 70.9 Å². The minimum absolute atomic E-state index is 0.0445. The SMILES string of the molecule is C[C@H](NC(=O)c1cccc(S(=O)(=O)NCc2cccs2)c1)c1nc2ccccc2[nH]1. The number of aromatic nitrogens is 2. The Bertz CT molecular complexity index is 1250. The number of hydrogen-bond acceptors (Lipinski definition) is 5. The first-order valence-corrected chi connectivity index (χ1v) is 11.7. The smallest absolute Gasteiger partial charge is 0.251 e. The van der Waals surface area contributed by atoms with E-state index in [4.69, 9.17) is 0 Å². The molecule has 1 atom stereocenters. The molecule has 0 saturated heterocycles. The van der Waals surface area contributed by atoms with E-state index in [0.29, 0.717) is 5.82 Å². The van der Waals surface area contributed by atoms with Crippen LogP contribution in [0.2, 0.25) is 0 Å². The second-order valence-electron chi connectivity index (χ2n) is 6.77. The number of para-hydroxylation sites is 2. The molecule has 0 aliphatic carbocycles. The van der Waals surface area contributed by atoms with E-state index in [9.17, 15) is 13.2 Å². The van der Waals surface area contributed by atoms with Gasteiger partial charge in [-0.2, -0.15) is 0 Å². The second-order valence-corrected chi connectivity index (χ2v) is 9.57. The molecular weight excluding hydrogens is 420 g/mol. The van der Waals surface area contributed by atoms with Gasteiger partial charge in [-0.15, -0.1) is 11.3 Å². The second kappa shape index (κ2) is 8.39. The molecule has 30 heavy (non-hydrogen) atoms. The van der Waals surface area contributed by atoms with Crippen molar-refractivity contribution in [1.29, 1.82) is 0 Å². The van der Waals surface area contributed by atoms with Gasteiger partial charge >= 0.3 is 0 Å². The van der Waals surface area contributed by atoms with Crippen LogP contribution >= 0.6 is 11.3 Å². The van der Waals surface area contributed by atoms with Gasteiger partial charge in [-0.05, 0) is 48.7 Å². The van der Waals surface area contributed by atoms with Crippen LogP contribution in [0.5, 0.6) is 0 Å². The van der Waals surface area contributed by atoms with E-state index >= 15 is 0 Å². The molecule has 2 aromatic carbocycles. The van der Waals surface area contributed by atoms with Gasteiger partial charge < -0.3 is 10.3 Å². The van der Waals surface area contributed by atoms with E-state index in [-0.39, 0.29) is 29.0 Å². The first kappa shape index (κ1) is 20.3. The molecule has 4 aromatic rings. The topological polar surface area (TPSA) is 104 Å². The van der Waals surface area contributed by atoms with Gasteiger partial charge in [0, 0.05) is 17.0 Å². The van der Waals surface area contributed by atoms with Crippen LogP contribution in [0.25, 0.3) is 11.0 Å². The van der Waals surface area contributed by atoms with Crippen LogP contribution in [0.4, 0.5) is 0 Å². The fraction of sp³-hybridized carbons (Fsp3) is 0.143. The molecule has 0 bridgehead atoms. The number of benzene rings is 2. The lowest BCUT2D eigenvalue weighted by Gasteiger charge is -2.12. The molecule has 0 unspecified atom stereocenters. The molecule has 1 amide bonds. The number of thiophene rings is 1. The minimum atomic E-state index is -3.73. The standard InChI is InChI=1S/C21H20N4O3S2/c1-14(20-24-18-9-2-3-10-19(18)25-20)23-21(26)15-6-4-8-17(12-15)30(27,28)22-13-16-7-5-11-29-16/h2-12,14,22H,13H2,1H3,(H,23,26)(H,24,25)/t14-/m0/s1. The van der Waals surface area contributed by atoms with Crippen molar-refractivity contribution in [2.45, 2.75) is 24.4 Å². The summed E-state index contributed by atoms with van der Waals surface area (Å²) in [5.74, 6) is 0.254. The van der Waals surface area contributed by atoms with Crippen molar-refractivity contribution >= 4 is 38.3 Å². The zero-order valence-electron chi connectivity index (χ0n) is 16.1. The average molecular weight is 441 g/mol. The lowest BCUT2D eigenvalue weighted by Crippen LogP contribution is -2.28. The number of imidazole rings is 1. The van der Waals surface area contributed by atoms with Crippen LogP contribution in [-0.2, 0) is 16.6 Å². The van der Waals surface area contributed by atoms with Gasteiger partial charge in [0.2, 0.25) is 10.0 Å². The molecule has 2 heterocycles. The first-order chi connectivity index (χ1) is 14.4. The lowest BCUT2D eigenvalue weighted by molar-refractivity contribution is 0.0938. The summed E-state index contributed by atoms with van der Waals surface area (Å²) in [6.45, 7) is 2.03. The fourth-order valence-corrected chi connectivity index (χ4v) is 4.78. The summed E-state index contributed by atoms with van der Waals surface area (Å²) in [7, 11) is -3.73. The molecule has 154 valence electrons. The number of H-pyrrole nitrogens is 1. The van der Waals surface area contributed by atoms with Gasteiger partial charge in [-0.3, -0.25) is 4.79 Å². The quantitative estimate of drug-likeness (QED) is 0.408. The van der Waals surface area contributed by atoms with Crippen molar-refractivity contribution in [2.75, 3.05) is 0 Å². The third kappa shape index (κ3) is 4.43. The Kier molecular flexibility index (Phi) is 5.67. The highest BCUT2D eigenvalue weighted by Gasteiger charge is 2.18. The third-order valence-electron chi connectivity index (χ3n) is 4.59. The highest BCUT2D eigenvalue weighted by atomic mass is 32.2. The first-order valence-electron chi connectivity index (χ1n) is 9.30. The number of amides is 1. The molecule has 9 heteroatoms. The van der Waals surface area contributed by atoms with Crippen LogP contribution < -0.4 is 10.0 Å². The molecule has 3 N–H and O–H groups in total. The molecule has 4 rings (SSSR count). The third-order valence-corrected chi connectivity index (χ3v) is 6.86. The number of aromatic amines is 1. The Labute approximate surface area is 178 Å². The van der Waals surface area contributed by atoms with Crippen molar-refractivity contribution in [3.05, 3.63) is 82.3 Å². The Balaban J connectivity index is 1.47. The van der Waals surface area contributed by atoms with Crippen LogP contribution in [0, 0.1) is 0 Å². The predicted molar refractivity (Wildman–Crippen MR) is 117 cm³/mol. The van der Waals surface area contributed by atoms with Crippen molar-refractivity contribution < 1.29 is 13.2 Å². The number of hydrogen-bond donors (Lipinski definition) is 3. The predicted octanol–water partition coefficient (Wildman–Crippen LogP) is 3.59. The summed E-state index contributed by atoms with van der Waals surface area (Å²) >= 11 is 1.47. The van der Waals surface area contributed by atoms with Crippen LogP contribution in [-0.4, -0.2) is 24.3 Å². The van der Waals surface area contributed by atoms with Crippen LogP contribution in [0.1, 0.15) is 34.0 Å². The van der Waals surface area contributed by atoms with Crippen molar-refractivity contribution in [1.82, 2.24) is 20.0 Å². The number of sulfonamides is 1. The summed E-state index contributed by atoms with van der Waals surface area (Å²) in [6, 6.07) is 16.9. The molecule has 0 aliphatic rings. The minimum Gasteiger partial charge on any atom is -0.342 e. The van der Waals surface area contributed by atoms with Gasteiger partial charge in [-0.25, -0.2) is 18.1 Å². The number of fused-ring (bicyclic) bond motifs is 1. The van der Waals surface area contributed by atoms with Gasteiger partial charge in [0.15, 0.2) is 0 Å². The molecule has 0 spiro atoms. The van der Waals surface area contributed by atoms with Gasteiger partial charge in [-0.1, -0.05) is 24.3 Å². The van der Waals surface area contributed by atoms with E-state index < -0.39 is 10.0 Å². The summed E-state index contributed by atoms with van der Waals surface area (Å²) in [5.41, 5.74) is 1.97. The fourth-order valence-electron chi connectivity index (χ4n) is 2.99. The van der Waals surface area contributed by atoms with E-state index in [1.54, 1.807) is 12.1 Å². The molecular formula is C21H20N4O3S2. The number of nitrogens with one attached hydrogen (secondary N) is 3. The highest BCUT2D eigenvalue weighted by molar-refractivity contribution is 7.89.